The van der Waals surface area contributed by atoms with Crippen molar-refractivity contribution in [1.29, 1.82) is 0 Å². The summed E-state index contributed by atoms with van der Waals surface area (Å²) in [5, 5.41) is 13.8. The molecule has 0 aliphatic carbocycles. The maximum atomic E-state index is 12.0. The maximum absolute atomic E-state index is 12.0. The lowest BCUT2D eigenvalue weighted by atomic mass is 10.1. The van der Waals surface area contributed by atoms with Crippen molar-refractivity contribution in [3.05, 3.63) is 35.6 Å². The molecule has 1 aromatic heterocycles. The Bertz CT molecular complexity index is 633. The van der Waals surface area contributed by atoms with Crippen molar-refractivity contribution in [3.63, 3.8) is 0 Å². The molecular formula is C16H21NO3S. The predicted molar refractivity (Wildman–Crippen MR) is 86.7 cm³/mol. The van der Waals surface area contributed by atoms with Crippen LogP contribution in [-0.2, 0) is 11.2 Å². The van der Waals surface area contributed by atoms with Crippen molar-refractivity contribution in [2.24, 2.45) is 0 Å². The molecule has 1 unspecified atom stereocenters. The maximum Gasteiger partial charge on any atom is 0.224 e. The number of furan rings is 1. The molecule has 2 N–H and O–H groups in total. The zero-order valence-electron chi connectivity index (χ0n) is 12.6. The van der Waals surface area contributed by atoms with Crippen LogP contribution in [0.3, 0.4) is 0 Å². The molecule has 0 radical (unpaired) electrons. The third-order valence-corrected chi connectivity index (χ3v) is 4.19. The summed E-state index contributed by atoms with van der Waals surface area (Å²) < 4.78 is 5.48. The number of aliphatic hydroxyl groups is 1. The van der Waals surface area contributed by atoms with E-state index in [1.165, 1.54) is 0 Å². The Morgan fingerprint density at radius 3 is 2.95 bits per heavy atom. The standard InChI is InChI=1S/C16H21NO3S/c1-11-4-5-13-12(8-20-14(13)6-11)7-15(18)17-9-16(2,19)10-21-3/h4-6,8,19H,7,9-10H2,1-3H3,(H,17,18). The second-order valence-corrected chi connectivity index (χ2v) is 6.51. The molecule has 1 heterocycles. The number of thioether (sulfide) groups is 1. The van der Waals surface area contributed by atoms with Gasteiger partial charge in [0.25, 0.3) is 0 Å². The van der Waals surface area contributed by atoms with Crippen LogP contribution >= 0.6 is 11.8 Å². The van der Waals surface area contributed by atoms with Crippen molar-refractivity contribution in [2.75, 3.05) is 18.6 Å². The number of rotatable bonds is 6. The number of fused-ring (bicyclic) bond motifs is 1. The highest BCUT2D eigenvalue weighted by atomic mass is 32.2. The Hall–Kier alpha value is -1.46. The second-order valence-electron chi connectivity index (χ2n) is 5.64. The number of amides is 1. The van der Waals surface area contributed by atoms with E-state index in [1.54, 1.807) is 24.9 Å². The Morgan fingerprint density at radius 1 is 1.48 bits per heavy atom. The summed E-state index contributed by atoms with van der Waals surface area (Å²) in [7, 11) is 0. The molecule has 5 heteroatoms. The van der Waals surface area contributed by atoms with Crippen LogP contribution in [-0.4, -0.2) is 35.2 Å². The van der Waals surface area contributed by atoms with E-state index in [-0.39, 0.29) is 18.9 Å². The first-order valence-corrected chi connectivity index (χ1v) is 8.25. The van der Waals surface area contributed by atoms with Gasteiger partial charge in [0.15, 0.2) is 0 Å². The van der Waals surface area contributed by atoms with Gasteiger partial charge in [-0.1, -0.05) is 12.1 Å². The summed E-state index contributed by atoms with van der Waals surface area (Å²) in [5.41, 5.74) is 1.91. The van der Waals surface area contributed by atoms with Gasteiger partial charge in [-0.25, -0.2) is 0 Å². The first-order valence-electron chi connectivity index (χ1n) is 6.86. The van der Waals surface area contributed by atoms with Crippen LogP contribution in [0.15, 0.2) is 28.9 Å². The van der Waals surface area contributed by atoms with Crippen LogP contribution in [0.4, 0.5) is 0 Å². The summed E-state index contributed by atoms with van der Waals surface area (Å²) >= 11 is 1.55. The third kappa shape index (κ3) is 4.25. The normalized spacial score (nSPS) is 14.1. The van der Waals surface area contributed by atoms with E-state index < -0.39 is 5.60 Å². The minimum absolute atomic E-state index is 0.111. The molecule has 0 saturated heterocycles. The van der Waals surface area contributed by atoms with Crippen LogP contribution in [0.5, 0.6) is 0 Å². The van der Waals surface area contributed by atoms with Gasteiger partial charge in [-0.15, -0.1) is 0 Å². The SMILES string of the molecule is CSCC(C)(O)CNC(=O)Cc1coc2cc(C)ccc12. The molecule has 0 spiro atoms. The van der Waals surface area contributed by atoms with E-state index in [4.69, 9.17) is 4.42 Å². The first-order chi connectivity index (χ1) is 9.91. The molecule has 0 bridgehead atoms. The van der Waals surface area contributed by atoms with E-state index in [9.17, 15) is 9.90 Å². The molecule has 21 heavy (non-hydrogen) atoms. The van der Waals surface area contributed by atoms with Crippen molar-refractivity contribution in [3.8, 4) is 0 Å². The molecule has 1 aromatic carbocycles. The summed E-state index contributed by atoms with van der Waals surface area (Å²) in [5.74, 6) is 0.473. The lowest BCUT2D eigenvalue weighted by Crippen LogP contribution is -2.42. The van der Waals surface area contributed by atoms with Gasteiger partial charge >= 0.3 is 0 Å². The number of benzene rings is 1. The molecule has 0 aliphatic heterocycles. The summed E-state index contributed by atoms with van der Waals surface area (Å²) in [4.78, 5) is 12.0. The van der Waals surface area contributed by atoms with Crippen LogP contribution < -0.4 is 5.32 Å². The number of aryl methyl sites for hydroxylation is 1. The third-order valence-electron chi connectivity index (χ3n) is 3.28. The van der Waals surface area contributed by atoms with E-state index in [2.05, 4.69) is 5.32 Å². The fraction of sp³-hybridized carbons (Fsp3) is 0.438. The summed E-state index contributed by atoms with van der Waals surface area (Å²) in [6, 6.07) is 5.93. The van der Waals surface area contributed by atoms with Crippen molar-refractivity contribution in [2.45, 2.75) is 25.9 Å². The zero-order chi connectivity index (χ0) is 15.5. The number of hydrogen-bond acceptors (Lipinski definition) is 4. The summed E-state index contributed by atoms with van der Waals surface area (Å²) in [6.07, 6.45) is 3.81. The van der Waals surface area contributed by atoms with Gasteiger partial charge in [0.1, 0.15) is 5.58 Å². The van der Waals surface area contributed by atoms with E-state index >= 15 is 0 Å². The lowest BCUT2D eigenvalue weighted by molar-refractivity contribution is -0.121. The second kappa shape index (κ2) is 6.54. The Labute approximate surface area is 128 Å². The largest absolute Gasteiger partial charge is 0.464 e. The lowest BCUT2D eigenvalue weighted by Gasteiger charge is -2.22. The average molecular weight is 307 g/mol. The molecule has 0 fully saturated rings. The molecule has 2 rings (SSSR count). The quantitative estimate of drug-likeness (QED) is 0.861. The molecule has 0 saturated carbocycles. The highest BCUT2D eigenvalue weighted by molar-refractivity contribution is 7.98. The van der Waals surface area contributed by atoms with Gasteiger partial charge in [-0.05, 0) is 31.7 Å². The molecule has 1 amide bonds. The van der Waals surface area contributed by atoms with Gasteiger partial charge in [0, 0.05) is 23.2 Å². The van der Waals surface area contributed by atoms with Crippen molar-refractivity contribution < 1.29 is 14.3 Å². The fourth-order valence-electron chi connectivity index (χ4n) is 2.21. The average Bonchev–Trinajstić information content (AvgIpc) is 2.79. The van der Waals surface area contributed by atoms with Crippen LogP contribution in [0.25, 0.3) is 11.0 Å². The van der Waals surface area contributed by atoms with E-state index in [0.717, 1.165) is 22.1 Å². The topological polar surface area (TPSA) is 62.5 Å². The Balaban J connectivity index is 1.99. The molecule has 2 aromatic rings. The molecule has 1 atom stereocenters. The van der Waals surface area contributed by atoms with Gasteiger partial charge in [-0.2, -0.15) is 11.8 Å². The Morgan fingerprint density at radius 2 is 2.24 bits per heavy atom. The van der Waals surface area contributed by atoms with Gasteiger partial charge in [0.05, 0.1) is 18.3 Å². The summed E-state index contributed by atoms with van der Waals surface area (Å²) in [6.45, 7) is 3.98. The van der Waals surface area contributed by atoms with Gasteiger partial charge in [0.2, 0.25) is 5.91 Å². The zero-order valence-corrected chi connectivity index (χ0v) is 13.4. The minimum atomic E-state index is -0.884. The van der Waals surface area contributed by atoms with Crippen molar-refractivity contribution in [1.82, 2.24) is 5.32 Å². The van der Waals surface area contributed by atoms with Crippen LogP contribution in [0, 0.1) is 6.92 Å². The highest BCUT2D eigenvalue weighted by Gasteiger charge is 2.20. The highest BCUT2D eigenvalue weighted by Crippen LogP contribution is 2.22. The van der Waals surface area contributed by atoms with Crippen LogP contribution in [0.2, 0.25) is 0 Å². The van der Waals surface area contributed by atoms with E-state index in [0.29, 0.717) is 5.75 Å². The monoisotopic (exact) mass is 307 g/mol. The molecular weight excluding hydrogens is 286 g/mol. The van der Waals surface area contributed by atoms with Crippen LogP contribution in [0.1, 0.15) is 18.1 Å². The van der Waals surface area contributed by atoms with Gasteiger partial charge < -0.3 is 14.8 Å². The van der Waals surface area contributed by atoms with Crippen molar-refractivity contribution >= 4 is 28.6 Å². The van der Waals surface area contributed by atoms with Gasteiger partial charge in [-0.3, -0.25) is 4.79 Å². The smallest absolute Gasteiger partial charge is 0.224 e. The molecule has 114 valence electrons. The Kier molecular flexibility index (Phi) is 4.96. The van der Waals surface area contributed by atoms with E-state index in [1.807, 2.05) is 31.4 Å². The number of carbonyl (C=O) groups is 1. The predicted octanol–water partition coefficient (Wildman–Crippen LogP) is 2.51. The number of nitrogens with one attached hydrogen (secondary N) is 1. The first kappa shape index (κ1) is 15.9. The molecule has 0 aliphatic rings. The minimum Gasteiger partial charge on any atom is -0.464 e. The fourth-order valence-corrected chi connectivity index (χ4v) is 2.94. The molecule has 4 nitrogen and oxygen atoms in total. The number of hydrogen-bond donors (Lipinski definition) is 2. The number of carbonyl (C=O) groups excluding carboxylic acids is 1.